The van der Waals surface area contributed by atoms with Crippen molar-refractivity contribution in [2.45, 2.75) is 19.9 Å². The Morgan fingerprint density at radius 1 is 1.25 bits per heavy atom. The van der Waals surface area contributed by atoms with Crippen LogP contribution in [0.4, 0.5) is 4.39 Å². The number of benzene rings is 2. The lowest BCUT2D eigenvalue weighted by molar-refractivity contribution is 0.611. The number of rotatable bonds is 2. The largest absolute Gasteiger partial charge is 0.324 e. The summed E-state index contributed by atoms with van der Waals surface area (Å²) < 4.78 is 15.6. The molecule has 2 aromatic carbocycles. The van der Waals surface area contributed by atoms with E-state index < -0.39 is 0 Å². The quantitative estimate of drug-likeness (QED) is 0.774. The van der Waals surface area contributed by atoms with Gasteiger partial charge in [-0.2, -0.15) is 5.10 Å². The highest BCUT2D eigenvalue weighted by molar-refractivity contribution is 5.80. The third-order valence-corrected chi connectivity index (χ3v) is 3.50. The third kappa shape index (κ3) is 1.98. The molecule has 3 rings (SSSR count). The first-order valence-electron chi connectivity index (χ1n) is 6.56. The number of aromatic nitrogens is 2. The van der Waals surface area contributed by atoms with Crippen LogP contribution in [-0.4, -0.2) is 9.78 Å². The summed E-state index contributed by atoms with van der Waals surface area (Å²) in [4.78, 5) is 0. The Balaban J connectivity index is 2.31. The van der Waals surface area contributed by atoms with E-state index in [1.807, 2.05) is 35.9 Å². The second-order valence-electron chi connectivity index (χ2n) is 5.06. The zero-order valence-corrected chi connectivity index (χ0v) is 11.5. The molecule has 2 N–H and O–H groups in total. The highest BCUT2D eigenvalue weighted by atomic mass is 19.1. The summed E-state index contributed by atoms with van der Waals surface area (Å²) in [5.41, 5.74) is 9.13. The number of halogens is 1. The fraction of sp³-hybridized carbons (Fsp3) is 0.188. The van der Waals surface area contributed by atoms with Crippen molar-refractivity contribution in [2.24, 2.45) is 5.73 Å². The van der Waals surface area contributed by atoms with Gasteiger partial charge in [0.2, 0.25) is 0 Å². The summed E-state index contributed by atoms with van der Waals surface area (Å²) in [5, 5.41) is 5.46. The van der Waals surface area contributed by atoms with Crippen LogP contribution in [0.5, 0.6) is 0 Å². The molecule has 0 fully saturated rings. The van der Waals surface area contributed by atoms with Crippen molar-refractivity contribution >= 4 is 10.9 Å². The highest BCUT2D eigenvalue weighted by Gasteiger charge is 2.14. The predicted octanol–water partition coefficient (Wildman–Crippen LogP) is 3.49. The molecule has 1 aromatic heterocycles. The summed E-state index contributed by atoms with van der Waals surface area (Å²) in [5.74, 6) is -0.238. The van der Waals surface area contributed by atoms with Crippen molar-refractivity contribution in [1.29, 1.82) is 0 Å². The first kappa shape index (κ1) is 12.8. The van der Waals surface area contributed by atoms with Crippen molar-refractivity contribution in [3.8, 4) is 5.69 Å². The molecule has 0 saturated carbocycles. The van der Waals surface area contributed by atoms with Crippen LogP contribution < -0.4 is 5.73 Å². The number of hydrogen-bond donors (Lipinski definition) is 1. The smallest absolute Gasteiger partial charge is 0.126 e. The Morgan fingerprint density at radius 2 is 2.00 bits per heavy atom. The Morgan fingerprint density at radius 3 is 2.75 bits per heavy atom. The molecular weight excluding hydrogens is 253 g/mol. The Labute approximate surface area is 116 Å². The lowest BCUT2D eigenvalue weighted by Crippen LogP contribution is -2.11. The summed E-state index contributed by atoms with van der Waals surface area (Å²) in [6.07, 6.45) is 1.80. The van der Waals surface area contributed by atoms with Gasteiger partial charge in [0, 0.05) is 11.4 Å². The maximum absolute atomic E-state index is 13.8. The van der Waals surface area contributed by atoms with Gasteiger partial charge in [0.15, 0.2) is 0 Å². The molecule has 0 amide bonds. The van der Waals surface area contributed by atoms with E-state index in [9.17, 15) is 4.39 Å². The number of aryl methyl sites for hydroxylation is 1. The van der Waals surface area contributed by atoms with Gasteiger partial charge in [-0.05, 0) is 43.2 Å². The minimum Gasteiger partial charge on any atom is -0.324 e. The molecule has 0 saturated heterocycles. The van der Waals surface area contributed by atoms with E-state index in [4.69, 9.17) is 5.73 Å². The molecule has 0 bridgehead atoms. The van der Waals surface area contributed by atoms with Crippen molar-refractivity contribution < 1.29 is 4.39 Å². The molecule has 0 aliphatic carbocycles. The van der Waals surface area contributed by atoms with Gasteiger partial charge >= 0.3 is 0 Å². The van der Waals surface area contributed by atoms with Gasteiger partial charge in [0.05, 0.1) is 17.4 Å². The summed E-state index contributed by atoms with van der Waals surface area (Å²) in [7, 11) is 0. The fourth-order valence-electron chi connectivity index (χ4n) is 2.39. The van der Waals surface area contributed by atoms with Crippen LogP contribution in [0.3, 0.4) is 0 Å². The molecule has 1 heterocycles. The van der Waals surface area contributed by atoms with Crippen LogP contribution in [0.25, 0.3) is 16.6 Å². The average molecular weight is 269 g/mol. The Bertz CT molecular complexity index is 774. The van der Waals surface area contributed by atoms with Crippen LogP contribution in [0, 0.1) is 12.7 Å². The summed E-state index contributed by atoms with van der Waals surface area (Å²) in [6.45, 7) is 3.59. The molecule has 3 aromatic rings. The standard InChI is InChI=1S/C16H16FN3/c1-10-7-16(13(11(2)18)8-14(10)17)20-15-6-4-3-5-12(15)9-19-20/h3-9,11H,18H2,1-2H3/t11-/m1/s1. The van der Waals surface area contributed by atoms with Crippen LogP contribution in [0.2, 0.25) is 0 Å². The van der Waals surface area contributed by atoms with Crippen LogP contribution in [0.15, 0.2) is 42.6 Å². The van der Waals surface area contributed by atoms with E-state index in [1.54, 1.807) is 19.2 Å². The van der Waals surface area contributed by atoms with E-state index in [2.05, 4.69) is 5.10 Å². The zero-order chi connectivity index (χ0) is 14.3. The second kappa shape index (κ2) is 4.72. The maximum atomic E-state index is 13.8. The van der Waals surface area contributed by atoms with Crippen molar-refractivity contribution in [3.63, 3.8) is 0 Å². The van der Waals surface area contributed by atoms with Crippen molar-refractivity contribution in [3.05, 3.63) is 59.5 Å². The number of para-hydroxylation sites is 1. The SMILES string of the molecule is Cc1cc(-n2ncc3ccccc32)c([C@@H](C)N)cc1F. The molecule has 20 heavy (non-hydrogen) atoms. The van der Waals surface area contributed by atoms with Crippen molar-refractivity contribution in [1.82, 2.24) is 9.78 Å². The normalized spacial score (nSPS) is 12.8. The molecule has 0 aliphatic rings. The zero-order valence-electron chi connectivity index (χ0n) is 11.5. The molecule has 3 nitrogen and oxygen atoms in total. The third-order valence-electron chi connectivity index (χ3n) is 3.50. The van der Waals surface area contributed by atoms with Gasteiger partial charge in [-0.3, -0.25) is 0 Å². The van der Waals surface area contributed by atoms with Gasteiger partial charge in [-0.1, -0.05) is 18.2 Å². The van der Waals surface area contributed by atoms with Gasteiger partial charge < -0.3 is 5.73 Å². The maximum Gasteiger partial charge on any atom is 0.126 e. The topological polar surface area (TPSA) is 43.8 Å². The Kier molecular flexibility index (Phi) is 3.03. The van der Waals surface area contributed by atoms with Crippen LogP contribution >= 0.6 is 0 Å². The van der Waals surface area contributed by atoms with Gasteiger partial charge in [-0.15, -0.1) is 0 Å². The highest BCUT2D eigenvalue weighted by Crippen LogP contribution is 2.26. The molecule has 0 spiro atoms. The first-order chi connectivity index (χ1) is 9.58. The molecule has 0 radical (unpaired) electrons. The lowest BCUT2D eigenvalue weighted by Gasteiger charge is -2.15. The molecular formula is C16H16FN3. The number of nitrogens with two attached hydrogens (primary N) is 1. The van der Waals surface area contributed by atoms with Gasteiger partial charge in [0.25, 0.3) is 0 Å². The number of fused-ring (bicyclic) bond motifs is 1. The average Bonchev–Trinajstić information content (AvgIpc) is 2.85. The minimum absolute atomic E-state index is 0.238. The van der Waals surface area contributed by atoms with Crippen molar-refractivity contribution in [2.75, 3.05) is 0 Å². The summed E-state index contributed by atoms with van der Waals surface area (Å²) >= 11 is 0. The van der Waals surface area contributed by atoms with Gasteiger partial charge in [-0.25, -0.2) is 9.07 Å². The van der Waals surface area contributed by atoms with Gasteiger partial charge in [0.1, 0.15) is 5.82 Å². The first-order valence-corrected chi connectivity index (χ1v) is 6.56. The number of nitrogens with zero attached hydrogens (tertiary/aromatic N) is 2. The number of hydrogen-bond acceptors (Lipinski definition) is 2. The van der Waals surface area contributed by atoms with E-state index in [0.717, 1.165) is 22.2 Å². The lowest BCUT2D eigenvalue weighted by atomic mass is 10.0. The van der Waals surface area contributed by atoms with Crippen LogP contribution in [-0.2, 0) is 0 Å². The van der Waals surface area contributed by atoms with E-state index >= 15 is 0 Å². The second-order valence-corrected chi connectivity index (χ2v) is 5.06. The molecule has 0 unspecified atom stereocenters. The van der Waals surface area contributed by atoms with E-state index in [-0.39, 0.29) is 11.9 Å². The van der Waals surface area contributed by atoms with Crippen LogP contribution in [0.1, 0.15) is 24.1 Å². The molecule has 1 atom stereocenters. The predicted molar refractivity (Wildman–Crippen MR) is 78.4 cm³/mol. The minimum atomic E-state index is -0.261. The molecule has 4 heteroatoms. The molecule has 0 aliphatic heterocycles. The molecule has 102 valence electrons. The van der Waals surface area contributed by atoms with E-state index in [1.165, 1.54) is 6.07 Å². The summed E-state index contributed by atoms with van der Waals surface area (Å²) in [6, 6.07) is 11.0. The fourth-order valence-corrected chi connectivity index (χ4v) is 2.39. The monoisotopic (exact) mass is 269 g/mol. The Hall–Kier alpha value is -2.20. The van der Waals surface area contributed by atoms with E-state index in [0.29, 0.717) is 5.56 Å².